The lowest BCUT2D eigenvalue weighted by molar-refractivity contribution is 0.104. The lowest BCUT2D eigenvalue weighted by Crippen LogP contribution is -2.44. The molecule has 0 aromatic heterocycles. The summed E-state index contributed by atoms with van der Waals surface area (Å²) in [6, 6.07) is 4.95. The molecule has 1 aliphatic rings. The zero-order valence-corrected chi connectivity index (χ0v) is 13.7. The number of piperazine rings is 1. The number of carbonyl (C=O) groups excluding carboxylic acids is 1. The minimum Gasteiger partial charge on any atom is -0.375 e. The summed E-state index contributed by atoms with van der Waals surface area (Å²) < 4.78 is 0. The summed E-state index contributed by atoms with van der Waals surface area (Å²) in [6.07, 6.45) is 4.68. The van der Waals surface area contributed by atoms with E-state index in [4.69, 9.17) is 23.2 Å². The second-order valence-corrected chi connectivity index (χ2v) is 6.00. The van der Waals surface area contributed by atoms with Gasteiger partial charge in [-0.1, -0.05) is 30.1 Å². The van der Waals surface area contributed by atoms with Gasteiger partial charge in [-0.05, 0) is 31.2 Å². The molecule has 1 aliphatic heterocycles. The average molecular weight is 327 g/mol. The highest BCUT2D eigenvalue weighted by atomic mass is 35.5. The highest BCUT2D eigenvalue weighted by Gasteiger charge is 2.13. The van der Waals surface area contributed by atoms with Crippen molar-refractivity contribution in [1.82, 2.24) is 9.80 Å². The van der Waals surface area contributed by atoms with Gasteiger partial charge in [0.15, 0.2) is 5.78 Å². The Kier molecular flexibility index (Phi) is 6.09. The molecule has 5 heteroatoms. The molecule has 0 atom stereocenters. The second kappa shape index (κ2) is 7.83. The molecule has 0 unspecified atom stereocenters. The van der Waals surface area contributed by atoms with Crippen LogP contribution in [-0.2, 0) is 0 Å². The molecule has 0 bridgehead atoms. The van der Waals surface area contributed by atoms with Crippen LogP contribution in [0.25, 0.3) is 0 Å². The minimum absolute atomic E-state index is 0.0513. The number of halogens is 2. The van der Waals surface area contributed by atoms with Crippen LogP contribution in [0.1, 0.15) is 23.7 Å². The number of hydrogen-bond donors (Lipinski definition) is 0. The predicted molar refractivity (Wildman–Crippen MR) is 88.2 cm³/mol. The first-order valence-electron chi connectivity index (χ1n) is 7.24. The SMILES string of the molecule is CCCN1CCN(C=CC(=O)c2ccc(Cl)c(Cl)c2)CC1. The maximum absolute atomic E-state index is 12.1. The first kappa shape index (κ1) is 16.3. The number of ketones is 1. The van der Waals surface area contributed by atoms with Crippen LogP contribution in [0.4, 0.5) is 0 Å². The average Bonchev–Trinajstić information content (AvgIpc) is 2.49. The number of hydrogen-bond acceptors (Lipinski definition) is 3. The van der Waals surface area contributed by atoms with Crippen molar-refractivity contribution >= 4 is 29.0 Å². The van der Waals surface area contributed by atoms with Gasteiger partial charge in [-0.2, -0.15) is 0 Å². The zero-order valence-electron chi connectivity index (χ0n) is 12.2. The van der Waals surface area contributed by atoms with E-state index < -0.39 is 0 Å². The fourth-order valence-corrected chi connectivity index (χ4v) is 2.67. The molecule has 0 aliphatic carbocycles. The number of allylic oxidation sites excluding steroid dienone is 1. The van der Waals surface area contributed by atoms with Gasteiger partial charge in [0.1, 0.15) is 0 Å². The molecule has 0 N–H and O–H groups in total. The maximum Gasteiger partial charge on any atom is 0.187 e. The zero-order chi connectivity index (χ0) is 15.2. The van der Waals surface area contributed by atoms with Crippen molar-refractivity contribution in [3.63, 3.8) is 0 Å². The van der Waals surface area contributed by atoms with Crippen molar-refractivity contribution < 1.29 is 4.79 Å². The molecule has 2 rings (SSSR count). The van der Waals surface area contributed by atoms with Crippen LogP contribution in [0.2, 0.25) is 10.0 Å². The lowest BCUT2D eigenvalue weighted by Gasteiger charge is -2.33. The predicted octanol–water partition coefficient (Wildman–Crippen LogP) is 3.72. The van der Waals surface area contributed by atoms with E-state index in [1.165, 1.54) is 6.42 Å². The van der Waals surface area contributed by atoms with Gasteiger partial charge in [-0.25, -0.2) is 0 Å². The molecule has 1 heterocycles. The van der Waals surface area contributed by atoms with E-state index in [2.05, 4.69) is 16.7 Å². The van der Waals surface area contributed by atoms with Gasteiger partial charge in [0.05, 0.1) is 10.0 Å². The Bertz CT molecular complexity index is 523. The van der Waals surface area contributed by atoms with Crippen LogP contribution < -0.4 is 0 Å². The van der Waals surface area contributed by atoms with E-state index >= 15 is 0 Å². The molecule has 21 heavy (non-hydrogen) atoms. The number of rotatable bonds is 5. The van der Waals surface area contributed by atoms with Crippen LogP contribution in [-0.4, -0.2) is 48.3 Å². The molecule has 0 spiro atoms. The third-order valence-electron chi connectivity index (χ3n) is 3.59. The molecule has 0 amide bonds. The monoisotopic (exact) mass is 326 g/mol. The van der Waals surface area contributed by atoms with E-state index in [1.807, 2.05) is 6.20 Å². The number of nitrogens with zero attached hydrogens (tertiary/aromatic N) is 2. The molecule has 0 saturated carbocycles. The van der Waals surface area contributed by atoms with Crippen molar-refractivity contribution in [2.45, 2.75) is 13.3 Å². The summed E-state index contributed by atoms with van der Waals surface area (Å²) in [5, 5.41) is 0.869. The van der Waals surface area contributed by atoms with Crippen LogP contribution in [0.5, 0.6) is 0 Å². The van der Waals surface area contributed by atoms with Gasteiger partial charge < -0.3 is 4.90 Å². The summed E-state index contributed by atoms with van der Waals surface area (Å²) >= 11 is 11.8. The van der Waals surface area contributed by atoms with Gasteiger partial charge in [-0.15, -0.1) is 0 Å². The molecule has 1 aromatic rings. The number of benzene rings is 1. The van der Waals surface area contributed by atoms with Gasteiger partial charge in [-0.3, -0.25) is 9.69 Å². The Balaban J connectivity index is 1.89. The summed E-state index contributed by atoms with van der Waals surface area (Å²) in [4.78, 5) is 16.7. The molecule has 3 nitrogen and oxygen atoms in total. The minimum atomic E-state index is -0.0513. The molecule has 1 aromatic carbocycles. The van der Waals surface area contributed by atoms with Crippen molar-refractivity contribution in [3.8, 4) is 0 Å². The fourth-order valence-electron chi connectivity index (χ4n) is 2.37. The quantitative estimate of drug-likeness (QED) is 0.608. The molecular weight excluding hydrogens is 307 g/mol. The van der Waals surface area contributed by atoms with Gasteiger partial charge in [0.25, 0.3) is 0 Å². The van der Waals surface area contributed by atoms with E-state index in [0.717, 1.165) is 32.7 Å². The molecule has 0 radical (unpaired) electrons. The Labute approximate surface area is 136 Å². The largest absolute Gasteiger partial charge is 0.375 e. The highest BCUT2D eigenvalue weighted by molar-refractivity contribution is 6.42. The van der Waals surface area contributed by atoms with Gasteiger partial charge in [0, 0.05) is 44.0 Å². The van der Waals surface area contributed by atoms with Crippen LogP contribution in [0, 0.1) is 0 Å². The van der Waals surface area contributed by atoms with Crippen LogP contribution >= 0.6 is 23.2 Å². The van der Waals surface area contributed by atoms with Crippen molar-refractivity contribution in [2.75, 3.05) is 32.7 Å². The standard InChI is InChI=1S/C16H20Cl2N2O/c1-2-6-19-8-10-20(11-9-19)7-5-16(21)13-3-4-14(17)15(18)12-13/h3-5,7,12H,2,6,8-11H2,1H3. The van der Waals surface area contributed by atoms with Crippen molar-refractivity contribution in [1.29, 1.82) is 0 Å². The highest BCUT2D eigenvalue weighted by Crippen LogP contribution is 2.22. The smallest absolute Gasteiger partial charge is 0.187 e. The summed E-state index contributed by atoms with van der Waals surface area (Å²) in [6.45, 7) is 7.39. The Hall–Kier alpha value is -1.03. The first-order valence-corrected chi connectivity index (χ1v) is 7.99. The van der Waals surface area contributed by atoms with E-state index in [-0.39, 0.29) is 5.78 Å². The van der Waals surface area contributed by atoms with Crippen LogP contribution in [0.15, 0.2) is 30.5 Å². The summed E-state index contributed by atoms with van der Waals surface area (Å²) in [7, 11) is 0. The van der Waals surface area contributed by atoms with Gasteiger partial charge >= 0.3 is 0 Å². The molecule has 1 fully saturated rings. The van der Waals surface area contributed by atoms with Crippen molar-refractivity contribution in [2.24, 2.45) is 0 Å². The molecule has 1 saturated heterocycles. The third-order valence-corrected chi connectivity index (χ3v) is 4.33. The summed E-state index contributed by atoms with van der Waals surface area (Å²) in [5.74, 6) is -0.0513. The third kappa shape index (κ3) is 4.73. The van der Waals surface area contributed by atoms with E-state index in [0.29, 0.717) is 15.6 Å². The Morgan fingerprint density at radius 1 is 1.19 bits per heavy atom. The number of carbonyl (C=O) groups is 1. The molecular formula is C16H20Cl2N2O. The van der Waals surface area contributed by atoms with Crippen molar-refractivity contribution in [3.05, 3.63) is 46.1 Å². The topological polar surface area (TPSA) is 23.6 Å². The summed E-state index contributed by atoms with van der Waals surface area (Å²) in [5.41, 5.74) is 0.560. The fraction of sp³-hybridized carbons (Fsp3) is 0.438. The Morgan fingerprint density at radius 3 is 2.52 bits per heavy atom. The van der Waals surface area contributed by atoms with E-state index in [1.54, 1.807) is 24.3 Å². The van der Waals surface area contributed by atoms with Gasteiger partial charge in [0.2, 0.25) is 0 Å². The second-order valence-electron chi connectivity index (χ2n) is 5.19. The van der Waals surface area contributed by atoms with Crippen LogP contribution in [0.3, 0.4) is 0 Å². The first-order chi connectivity index (χ1) is 10.1. The maximum atomic E-state index is 12.1. The van der Waals surface area contributed by atoms with E-state index in [9.17, 15) is 4.79 Å². The molecule has 114 valence electrons. The normalized spacial score (nSPS) is 16.6. The Morgan fingerprint density at radius 2 is 1.90 bits per heavy atom. The lowest BCUT2D eigenvalue weighted by atomic mass is 10.1.